The lowest BCUT2D eigenvalue weighted by Crippen LogP contribution is -2.27. The molecule has 1 unspecified atom stereocenters. The van der Waals surface area contributed by atoms with Crippen molar-refractivity contribution in [3.8, 4) is 17.1 Å². The number of nitrogens with one attached hydrogen (secondary N) is 1. The van der Waals surface area contributed by atoms with Crippen molar-refractivity contribution in [1.82, 2.24) is 10.5 Å². The highest BCUT2D eigenvalue weighted by Gasteiger charge is 2.18. The van der Waals surface area contributed by atoms with Gasteiger partial charge in [0.1, 0.15) is 5.75 Å². The summed E-state index contributed by atoms with van der Waals surface area (Å²) >= 11 is 0. The van der Waals surface area contributed by atoms with Gasteiger partial charge in [-0.15, -0.1) is 0 Å². The Morgan fingerprint density at radius 2 is 1.92 bits per heavy atom. The summed E-state index contributed by atoms with van der Waals surface area (Å²) in [6.45, 7) is 1.66. The van der Waals surface area contributed by atoms with Crippen molar-refractivity contribution in [2.75, 3.05) is 7.11 Å². The number of hydrogen-bond acceptors (Lipinski definition) is 4. The predicted octanol–water partition coefficient (Wildman–Crippen LogP) is 4.12. The number of carbonyl (C=O) groups excluding carboxylic acids is 1. The molecule has 0 aliphatic rings. The molecule has 1 heterocycles. The highest BCUT2D eigenvalue weighted by Crippen LogP contribution is 2.30. The molecule has 0 radical (unpaired) electrons. The van der Waals surface area contributed by atoms with Crippen molar-refractivity contribution in [2.24, 2.45) is 0 Å². The van der Waals surface area contributed by atoms with E-state index in [2.05, 4.69) is 10.5 Å². The molecule has 0 aliphatic carbocycles. The first-order valence-electron chi connectivity index (χ1n) is 7.85. The first-order chi connectivity index (χ1) is 12.5. The molecule has 1 atom stereocenters. The Labute approximate surface area is 148 Å². The number of halogens is 2. The van der Waals surface area contributed by atoms with Crippen LogP contribution in [0.4, 0.5) is 8.78 Å². The molecule has 7 heteroatoms. The molecule has 3 aromatic rings. The Kier molecular flexibility index (Phi) is 4.97. The molecule has 2 aromatic carbocycles. The van der Waals surface area contributed by atoms with Crippen molar-refractivity contribution >= 4 is 5.91 Å². The van der Waals surface area contributed by atoms with E-state index in [0.717, 1.165) is 12.1 Å². The topological polar surface area (TPSA) is 64.4 Å². The number of para-hydroxylation sites is 1. The van der Waals surface area contributed by atoms with Crippen LogP contribution in [0.1, 0.15) is 29.0 Å². The van der Waals surface area contributed by atoms with Crippen LogP contribution in [0.5, 0.6) is 5.75 Å². The van der Waals surface area contributed by atoms with E-state index in [9.17, 15) is 13.6 Å². The van der Waals surface area contributed by atoms with Gasteiger partial charge in [0.2, 0.25) is 0 Å². The van der Waals surface area contributed by atoms with Gasteiger partial charge in [-0.1, -0.05) is 23.4 Å². The number of rotatable bonds is 5. The van der Waals surface area contributed by atoms with Crippen molar-refractivity contribution in [3.05, 3.63) is 71.4 Å². The third kappa shape index (κ3) is 3.56. The van der Waals surface area contributed by atoms with Crippen LogP contribution in [0, 0.1) is 11.6 Å². The number of methoxy groups -OCH3 is 1. The van der Waals surface area contributed by atoms with E-state index >= 15 is 0 Å². The SMILES string of the molecule is COc1ccccc1-c1cc(C(=O)NC(C)c2ccc(F)c(F)c2)no1. The number of benzene rings is 2. The molecule has 1 aromatic heterocycles. The standard InChI is InChI=1S/C19H16F2N2O3/c1-11(12-7-8-14(20)15(21)9-12)22-19(24)16-10-18(26-23-16)13-5-3-4-6-17(13)25-2/h3-11H,1-2H3,(H,22,24). The molecule has 3 rings (SSSR count). The molecule has 5 nitrogen and oxygen atoms in total. The lowest BCUT2D eigenvalue weighted by Gasteiger charge is -2.13. The molecule has 1 N–H and O–H groups in total. The zero-order chi connectivity index (χ0) is 18.7. The molecule has 1 amide bonds. The number of carbonyl (C=O) groups is 1. The van der Waals surface area contributed by atoms with E-state index in [4.69, 9.17) is 9.26 Å². The van der Waals surface area contributed by atoms with E-state index in [1.807, 2.05) is 12.1 Å². The van der Waals surface area contributed by atoms with Crippen LogP contribution in [0.25, 0.3) is 11.3 Å². The molecule has 134 valence electrons. The average molecular weight is 358 g/mol. The molecular formula is C19H16F2N2O3. The van der Waals surface area contributed by atoms with Crippen LogP contribution in [-0.2, 0) is 0 Å². The second-order valence-corrected chi connectivity index (χ2v) is 5.65. The first kappa shape index (κ1) is 17.6. The van der Waals surface area contributed by atoms with Crippen molar-refractivity contribution in [2.45, 2.75) is 13.0 Å². The van der Waals surface area contributed by atoms with E-state index in [-0.39, 0.29) is 5.69 Å². The predicted molar refractivity (Wildman–Crippen MR) is 90.7 cm³/mol. The highest BCUT2D eigenvalue weighted by molar-refractivity contribution is 5.93. The minimum atomic E-state index is -0.969. The normalized spacial score (nSPS) is 11.8. The number of nitrogens with zero attached hydrogens (tertiary/aromatic N) is 1. The highest BCUT2D eigenvalue weighted by atomic mass is 19.2. The zero-order valence-electron chi connectivity index (χ0n) is 14.1. The minimum Gasteiger partial charge on any atom is -0.496 e. The Balaban J connectivity index is 1.76. The van der Waals surface area contributed by atoms with Gasteiger partial charge in [0.25, 0.3) is 5.91 Å². The van der Waals surface area contributed by atoms with E-state index in [1.165, 1.54) is 19.2 Å². The van der Waals surface area contributed by atoms with Gasteiger partial charge in [0.15, 0.2) is 23.1 Å². The van der Waals surface area contributed by atoms with Crippen molar-refractivity contribution < 1.29 is 22.8 Å². The van der Waals surface area contributed by atoms with Crippen LogP contribution < -0.4 is 10.1 Å². The third-order valence-electron chi connectivity index (χ3n) is 3.91. The number of aromatic nitrogens is 1. The Morgan fingerprint density at radius 3 is 2.65 bits per heavy atom. The van der Waals surface area contributed by atoms with Crippen LogP contribution >= 0.6 is 0 Å². The Bertz CT molecular complexity index is 940. The largest absolute Gasteiger partial charge is 0.496 e. The van der Waals surface area contributed by atoms with E-state index < -0.39 is 23.6 Å². The lowest BCUT2D eigenvalue weighted by atomic mass is 10.1. The van der Waals surface area contributed by atoms with Crippen LogP contribution in [0.3, 0.4) is 0 Å². The summed E-state index contributed by atoms with van der Waals surface area (Å²) in [6, 6.07) is 11.6. The molecule has 0 aliphatic heterocycles. The maximum Gasteiger partial charge on any atom is 0.273 e. The summed E-state index contributed by atoms with van der Waals surface area (Å²) in [5.74, 6) is -1.43. The summed E-state index contributed by atoms with van der Waals surface area (Å²) in [5, 5.41) is 6.44. The summed E-state index contributed by atoms with van der Waals surface area (Å²) in [5.41, 5.74) is 1.17. The fourth-order valence-electron chi connectivity index (χ4n) is 2.49. The van der Waals surface area contributed by atoms with E-state index in [0.29, 0.717) is 22.6 Å². The fourth-order valence-corrected chi connectivity index (χ4v) is 2.49. The summed E-state index contributed by atoms with van der Waals surface area (Å²) in [6.07, 6.45) is 0. The van der Waals surface area contributed by atoms with Crippen molar-refractivity contribution in [1.29, 1.82) is 0 Å². The molecular weight excluding hydrogens is 342 g/mol. The first-order valence-corrected chi connectivity index (χ1v) is 7.85. The second kappa shape index (κ2) is 7.35. The van der Waals surface area contributed by atoms with Gasteiger partial charge < -0.3 is 14.6 Å². The average Bonchev–Trinajstić information content (AvgIpc) is 3.14. The van der Waals surface area contributed by atoms with Crippen LogP contribution in [0.2, 0.25) is 0 Å². The van der Waals surface area contributed by atoms with E-state index in [1.54, 1.807) is 19.1 Å². The maximum absolute atomic E-state index is 13.3. The Morgan fingerprint density at radius 1 is 1.15 bits per heavy atom. The van der Waals surface area contributed by atoms with Gasteiger partial charge in [-0.05, 0) is 36.8 Å². The zero-order valence-corrected chi connectivity index (χ0v) is 14.1. The molecule has 0 fully saturated rings. The van der Waals surface area contributed by atoms with Gasteiger partial charge in [-0.2, -0.15) is 0 Å². The molecule has 0 saturated carbocycles. The maximum atomic E-state index is 13.3. The Hall–Kier alpha value is -3.22. The number of ether oxygens (including phenoxy) is 1. The molecule has 0 bridgehead atoms. The molecule has 26 heavy (non-hydrogen) atoms. The quantitative estimate of drug-likeness (QED) is 0.745. The monoisotopic (exact) mass is 358 g/mol. The summed E-state index contributed by atoms with van der Waals surface area (Å²) in [7, 11) is 1.53. The lowest BCUT2D eigenvalue weighted by molar-refractivity contribution is 0.0930. The summed E-state index contributed by atoms with van der Waals surface area (Å²) < 4.78 is 36.9. The fraction of sp³-hybridized carbons (Fsp3) is 0.158. The number of hydrogen-bond donors (Lipinski definition) is 1. The second-order valence-electron chi connectivity index (χ2n) is 5.65. The van der Waals surface area contributed by atoms with Gasteiger partial charge in [0.05, 0.1) is 18.7 Å². The smallest absolute Gasteiger partial charge is 0.273 e. The minimum absolute atomic E-state index is 0.0698. The van der Waals surface area contributed by atoms with Gasteiger partial charge in [-0.3, -0.25) is 4.79 Å². The molecule has 0 saturated heterocycles. The van der Waals surface area contributed by atoms with Crippen LogP contribution in [-0.4, -0.2) is 18.2 Å². The van der Waals surface area contributed by atoms with Crippen molar-refractivity contribution in [3.63, 3.8) is 0 Å². The number of amides is 1. The van der Waals surface area contributed by atoms with Gasteiger partial charge >= 0.3 is 0 Å². The summed E-state index contributed by atoms with van der Waals surface area (Å²) in [4.78, 5) is 12.3. The third-order valence-corrected chi connectivity index (χ3v) is 3.91. The van der Waals surface area contributed by atoms with Gasteiger partial charge in [0, 0.05) is 6.07 Å². The van der Waals surface area contributed by atoms with Gasteiger partial charge in [-0.25, -0.2) is 8.78 Å². The van der Waals surface area contributed by atoms with Crippen LogP contribution in [0.15, 0.2) is 53.1 Å². The molecule has 0 spiro atoms.